The second-order valence-corrected chi connectivity index (χ2v) is 5.78. The van der Waals surface area contributed by atoms with Crippen molar-refractivity contribution < 1.29 is 17.9 Å². The average molecular weight is 221 g/mol. The molecule has 1 saturated heterocycles. The van der Waals surface area contributed by atoms with Crippen LogP contribution in [0, 0.1) is 0 Å². The monoisotopic (exact) mass is 221 g/mol. The molecule has 1 heterocycles. The van der Waals surface area contributed by atoms with Gasteiger partial charge in [0.1, 0.15) is 5.25 Å². The molecule has 0 bridgehead atoms. The van der Waals surface area contributed by atoms with E-state index < -0.39 is 15.1 Å². The van der Waals surface area contributed by atoms with Gasteiger partial charge in [0.15, 0.2) is 9.84 Å². The summed E-state index contributed by atoms with van der Waals surface area (Å²) in [5.41, 5.74) is 0. The second-order valence-electron chi connectivity index (χ2n) is 3.41. The van der Waals surface area contributed by atoms with Crippen molar-refractivity contribution in [3.63, 3.8) is 0 Å². The van der Waals surface area contributed by atoms with Crippen molar-refractivity contribution in [2.24, 2.45) is 0 Å². The molecule has 6 heteroatoms. The summed E-state index contributed by atoms with van der Waals surface area (Å²) in [6, 6.07) is 0. The highest BCUT2D eigenvalue weighted by atomic mass is 32.2. The molecule has 1 aliphatic rings. The number of amides is 1. The number of ether oxygens (including phenoxy) is 1. The van der Waals surface area contributed by atoms with Gasteiger partial charge in [0.2, 0.25) is 5.91 Å². The molecule has 5 nitrogen and oxygen atoms in total. The van der Waals surface area contributed by atoms with Gasteiger partial charge in [0.25, 0.3) is 0 Å². The summed E-state index contributed by atoms with van der Waals surface area (Å²) in [4.78, 5) is 13.2. The third-order valence-corrected chi connectivity index (χ3v) is 3.80. The van der Waals surface area contributed by atoms with E-state index in [-0.39, 0.29) is 5.91 Å². The minimum Gasteiger partial charge on any atom is -0.378 e. The summed E-state index contributed by atoms with van der Waals surface area (Å²) < 4.78 is 27.3. The molecule has 1 fully saturated rings. The zero-order valence-electron chi connectivity index (χ0n) is 8.39. The lowest BCUT2D eigenvalue weighted by Crippen LogP contribution is -2.46. The molecule has 0 unspecified atom stereocenters. The lowest BCUT2D eigenvalue weighted by Gasteiger charge is -2.28. The fourth-order valence-electron chi connectivity index (χ4n) is 1.22. The van der Waals surface area contributed by atoms with Gasteiger partial charge in [-0.1, -0.05) is 0 Å². The molecule has 0 aliphatic carbocycles. The van der Waals surface area contributed by atoms with Crippen LogP contribution in [0.3, 0.4) is 0 Å². The molecule has 0 N–H and O–H groups in total. The summed E-state index contributed by atoms with van der Waals surface area (Å²) in [6.45, 7) is 3.37. The fraction of sp³-hybridized carbons (Fsp3) is 0.875. The highest BCUT2D eigenvalue weighted by molar-refractivity contribution is 7.92. The number of rotatable bonds is 2. The highest BCUT2D eigenvalue weighted by Gasteiger charge is 2.28. The first-order valence-corrected chi connectivity index (χ1v) is 6.44. The van der Waals surface area contributed by atoms with E-state index in [1.54, 1.807) is 0 Å². The topological polar surface area (TPSA) is 63.7 Å². The molecular formula is C8H15NO4S. The van der Waals surface area contributed by atoms with Crippen LogP contribution in [-0.2, 0) is 19.4 Å². The summed E-state index contributed by atoms with van der Waals surface area (Å²) in [5, 5.41) is -0.944. The Labute approximate surface area is 83.9 Å². The van der Waals surface area contributed by atoms with Gasteiger partial charge in [-0.2, -0.15) is 0 Å². The number of sulfone groups is 1. The lowest BCUT2D eigenvalue weighted by molar-refractivity contribution is -0.134. The van der Waals surface area contributed by atoms with E-state index in [4.69, 9.17) is 4.74 Å². The first-order valence-electron chi connectivity index (χ1n) is 4.48. The molecular weight excluding hydrogens is 206 g/mol. The minimum absolute atomic E-state index is 0.323. The number of nitrogens with zero attached hydrogens (tertiary/aromatic N) is 1. The van der Waals surface area contributed by atoms with Gasteiger partial charge in [-0.05, 0) is 6.92 Å². The molecule has 0 aromatic rings. The highest BCUT2D eigenvalue weighted by Crippen LogP contribution is 2.06. The standard InChI is InChI=1S/C8H15NO4S/c1-7(14(2,11)12)8(10)9-3-5-13-6-4-9/h7H,3-6H2,1-2H3/t7-/m1/s1. The average Bonchev–Trinajstić information content (AvgIpc) is 2.15. The van der Waals surface area contributed by atoms with E-state index in [0.717, 1.165) is 6.26 Å². The number of morpholine rings is 1. The number of carbonyl (C=O) groups is 1. The molecule has 1 atom stereocenters. The molecule has 0 radical (unpaired) electrons. The number of carbonyl (C=O) groups excluding carboxylic acids is 1. The van der Waals surface area contributed by atoms with Crippen LogP contribution in [-0.4, -0.2) is 57.0 Å². The Hall–Kier alpha value is -0.620. The van der Waals surface area contributed by atoms with Crippen molar-refractivity contribution in [3.05, 3.63) is 0 Å². The van der Waals surface area contributed by atoms with Crippen LogP contribution < -0.4 is 0 Å². The van der Waals surface area contributed by atoms with Gasteiger partial charge in [-0.15, -0.1) is 0 Å². The summed E-state index contributed by atoms with van der Waals surface area (Å²) in [6.07, 6.45) is 1.08. The van der Waals surface area contributed by atoms with Gasteiger partial charge in [-0.25, -0.2) is 8.42 Å². The van der Waals surface area contributed by atoms with Crippen LogP contribution in [0.4, 0.5) is 0 Å². The van der Waals surface area contributed by atoms with Crippen molar-refractivity contribution in [1.82, 2.24) is 4.90 Å². The predicted octanol–water partition coefficient (Wildman–Crippen LogP) is -0.722. The largest absolute Gasteiger partial charge is 0.378 e. The lowest BCUT2D eigenvalue weighted by atomic mass is 10.3. The van der Waals surface area contributed by atoms with Crippen molar-refractivity contribution in [2.75, 3.05) is 32.6 Å². The number of hydrogen-bond donors (Lipinski definition) is 0. The molecule has 1 amide bonds. The fourth-order valence-corrected chi connectivity index (χ4v) is 1.74. The molecule has 1 aliphatic heterocycles. The zero-order valence-corrected chi connectivity index (χ0v) is 9.21. The Kier molecular flexibility index (Phi) is 3.49. The van der Waals surface area contributed by atoms with Crippen molar-refractivity contribution in [2.45, 2.75) is 12.2 Å². The smallest absolute Gasteiger partial charge is 0.240 e. The maximum Gasteiger partial charge on any atom is 0.240 e. The molecule has 0 aromatic heterocycles. The van der Waals surface area contributed by atoms with Gasteiger partial charge in [0, 0.05) is 19.3 Å². The van der Waals surface area contributed by atoms with Crippen LogP contribution in [0.25, 0.3) is 0 Å². The van der Waals surface area contributed by atoms with Crippen LogP contribution in [0.1, 0.15) is 6.92 Å². The predicted molar refractivity (Wildman–Crippen MR) is 51.7 cm³/mol. The number of hydrogen-bond acceptors (Lipinski definition) is 4. The van der Waals surface area contributed by atoms with Crippen molar-refractivity contribution in [3.8, 4) is 0 Å². The Balaban J connectivity index is 2.64. The third-order valence-electron chi connectivity index (χ3n) is 2.31. The molecule has 14 heavy (non-hydrogen) atoms. The van der Waals surface area contributed by atoms with Gasteiger partial charge >= 0.3 is 0 Å². The molecule has 0 saturated carbocycles. The second kappa shape index (κ2) is 4.27. The Morgan fingerprint density at radius 2 is 1.86 bits per heavy atom. The van der Waals surface area contributed by atoms with E-state index in [2.05, 4.69) is 0 Å². The van der Waals surface area contributed by atoms with Gasteiger partial charge in [0.05, 0.1) is 13.2 Å². The molecule has 0 spiro atoms. The van der Waals surface area contributed by atoms with Gasteiger partial charge in [-0.3, -0.25) is 4.79 Å². The summed E-state index contributed by atoms with van der Waals surface area (Å²) in [5.74, 6) is -0.323. The minimum atomic E-state index is -3.28. The van der Waals surface area contributed by atoms with E-state index >= 15 is 0 Å². The SMILES string of the molecule is C[C@H](C(=O)N1CCOCC1)S(C)(=O)=O. The summed E-state index contributed by atoms with van der Waals surface area (Å²) >= 11 is 0. The van der Waals surface area contributed by atoms with E-state index in [9.17, 15) is 13.2 Å². The third kappa shape index (κ3) is 2.68. The Bertz CT molecular complexity index is 305. The quantitative estimate of drug-likeness (QED) is 0.617. The van der Waals surface area contributed by atoms with Crippen LogP contribution in [0.2, 0.25) is 0 Å². The van der Waals surface area contributed by atoms with E-state index in [1.807, 2.05) is 0 Å². The first kappa shape index (κ1) is 11.5. The van der Waals surface area contributed by atoms with E-state index in [0.29, 0.717) is 26.3 Å². The molecule has 0 aromatic carbocycles. The van der Waals surface area contributed by atoms with Gasteiger partial charge < -0.3 is 9.64 Å². The molecule has 1 rings (SSSR count). The van der Waals surface area contributed by atoms with Crippen LogP contribution in [0.15, 0.2) is 0 Å². The summed E-state index contributed by atoms with van der Waals surface area (Å²) in [7, 11) is -3.28. The maximum atomic E-state index is 11.6. The Morgan fingerprint density at radius 1 is 1.36 bits per heavy atom. The normalized spacial score (nSPS) is 20.6. The van der Waals surface area contributed by atoms with Crippen LogP contribution in [0.5, 0.6) is 0 Å². The maximum absolute atomic E-state index is 11.6. The molecule has 82 valence electrons. The first-order chi connectivity index (χ1) is 6.43. The van der Waals surface area contributed by atoms with E-state index in [1.165, 1.54) is 11.8 Å². The van der Waals surface area contributed by atoms with Crippen molar-refractivity contribution in [1.29, 1.82) is 0 Å². The van der Waals surface area contributed by atoms with Crippen LogP contribution >= 0.6 is 0 Å². The zero-order chi connectivity index (χ0) is 10.8. The van der Waals surface area contributed by atoms with Crippen molar-refractivity contribution >= 4 is 15.7 Å². The Morgan fingerprint density at radius 3 is 2.29 bits per heavy atom.